The highest BCUT2D eigenvalue weighted by molar-refractivity contribution is 5.77. The van der Waals surface area contributed by atoms with E-state index >= 15 is 0 Å². The number of likely N-dealkylation sites (tertiary alicyclic amines) is 1. The second kappa shape index (κ2) is 8.45. The minimum absolute atomic E-state index is 0.0281. The van der Waals surface area contributed by atoms with E-state index in [-0.39, 0.29) is 29.9 Å². The minimum atomic E-state index is -0.372. The third kappa shape index (κ3) is 3.84. The smallest absolute Gasteiger partial charge is 0.326 e. The zero-order valence-corrected chi connectivity index (χ0v) is 17.5. The SMILES string of the molecule is O=C(CCc1ncc(-c2ccccc2F)o1)N1CCC(n2c(=O)[nH]c3ccccc32)CC1. The number of carbonyl (C=O) groups excluding carboxylic acids is 1. The van der Waals surface area contributed by atoms with Crippen LogP contribution in [-0.4, -0.2) is 38.4 Å². The number of piperidine rings is 1. The number of nitrogens with zero attached hydrogens (tertiary/aromatic N) is 3. The van der Waals surface area contributed by atoms with Crippen molar-refractivity contribution in [1.82, 2.24) is 19.4 Å². The summed E-state index contributed by atoms with van der Waals surface area (Å²) < 4.78 is 21.4. The van der Waals surface area contributed by atoms with E-state index in [4.69, 9.17) is 4.42 Å². The van der Waals surface area contributed by atoms with E-state index in [2.05, 4.69) is 9.97 Å². The largest absolute Gasteiger partial charge is 0.441 e. The number of aromatic amines is 1. The first kappa shape index (κ1) is 20.2. The highest BCUT2D eigenvalue weighted by Crippen LogP contribution is 2.26. The molecular formula is C24H23FN4O3. The Morgan fingerprint density at radius 3 is 2.69 bits per heavy atom. The van der Waals surface area contributed by atoms with Crippen molar-refractivity contribution >= 4 is 16.9 Å². The molecule has 1 aliphatic rings. The summed E-state index contributed by atoms with van der Waals surface area (Å²) >= 11 is 0. The van der Waals surface area contributed by atoms with Gasteiger partial charge in [-0.1, -0.05) is 24.3 Å². The topological polar surface area (TPSA) is 84.1 Å². The number of rotatable bonds is 5. The Hall–Kier alpha value is -3.68. The van der Waals surface area contributed by atoms with Gasteiger partial charge >= 0.3 is 5.69 Å². The van der Waals surface area contributed by atoms with Crippen LogP contribution in [0.1, 0.15) is 31.2 Å². The van der Waals surface area contributed by atoms with Gasteiger partial charge in [0.05, 0.1) is 22.8 Å². The molecule has 0 spiro atoms. The number of para-hydroxylation sites is 2. The van der Waals surface area contributed by atoms with Gasteiger partial charge in [-0.3, -0.25) is 9.36 Å². The van der Waals surface area contributed by atoms with Gasteiger partial charge in [0.2, 0.25) is 5.91 Å². The summed E-state index contributed by atoms with van der Waals surface area (Å²) in [6.45, 7) is 1.20. The number of aromatic nitrogens is 3. The Balaban J connectivity index is 1.18. The first-order valence-electron chi connectivity index (χ1n) is 10.8. The quantitative estimate of drug-likeness (QED) is 0.516. The van der Waals surface area contributed by atoms with Crippen LogP contribution in [0.4, 0.5) is 4.39 Å². The number of carbonyl (C=O) groups is 1. The number of benzene rings is 2. The summed E-state index contributed by atoms with van der Waals surface area (Å²) in [5.41, 5.74) is 1.98. The fourth-order valence-corrected chi connectivity index (χ4v) is 4.39. The van der Waals surface area contributed by atoms with Gasteiger partial charge in [0.15, 0.2) is 11.7 Å². The average Bonchev–Trinajstić information content (AvgIpc) is 3.41. The van der Waals surface area contributed by atoms with Crippen LogP contribution in [0.25, 0.3) is 22.4 Å². The summed E-state index contributed by atoms with van der Waals surface area (Å²) in [5.74, 6) is 0.427. The lowest BCUT2D eigenvalue weighted by molar-refractivity contribution is -0.132. The van der Waals surface area contributed by atoms with Crippen molar-refractivity contribution in [2.45, 2.75) is 31.7 Å². The molecule has 2 aromatic heterocycles. The molecule has 2 aromatic carbocycles. The van der Waals surface area contributed by atoms with Crippen molar-refractivity contribution in [3.05, 3.63) is 76.9 Å². The number of aryl methyl sites for hydroxylation is 1. The van der Waals surface area contributed by atoms with Gasteiger partial charge in [-0.05, 0) is 37.1 Å². The van der Waals surface area contributed by atoms with Crippen LogP contribution < -0.4 is 5.69 Å². The first-order valence-corrected chi connectivity index (χ1v) is 10.8. The van der Waals surface area contributed by atoms with Gasteiger partial charge in [0, 0.05) is 32.0 Å². The average molecular weight is 434 g/mol. The number of H-pyrrole nitrogens is 1. The van der Waals surface area contributed by atoms with E-state index in [0.717, 1.165) is 23.9 Å². The third-order valence-corrected chi connectivity index (χ3v) is 6.05. The number of oxazole rings is 1. The molecule has 1 N–H and O–H groups in total. The van der Waals surface area contributed by atoms with Crippen molar-refractivity contribution in [3.63, 3.8) is 0 Å². The Bertz CT molecular complexity index is 1310. The maximum absolute atomic E-state index is 13.9. The van der Waals surface area contributed by atoms with E-state index in [1.165, 1.54) is 12.3 Å². The van der Waals surface area contributed by atoms with Crippen LogP contribution in [0, 0.1) is 5.82 Å². The summed E-state index contributed by atoms with van der Waals surface area (Å²) in [7, 11) is 0. The highest BCUT2D eigenvalue weighted by atomic mass is 19.1. The molecule has 7 nitrogen and oxygen atoms in total. The molecule has 1 saturated heterocycles. The van der Waals surface area contributed by atoms with Crippen LogP contribution in [0.15, 0.2) is 63.9 Å². The molecule has 8 heteroatoms. The Kier molecular flexibility index (Phi) is 5.34. The van der Waals surface area contributed by atoms with Gasteiger partial charge in [-0.15, -0.1) is 0 Å². The van der Waals surface area contributed by atoms with Crippen molar-refractivity contribution in [2.75, 3.05) is 13.1 Å². The second-order valence-corrected chi connectivity index (χ2v) is 8.03. The molecule has 32 heavy (non-hydrogen) atoms. The number of amides is 1. The highest BCUT2D eigenvalue weighted by Gasteiger charge is 2.26. The number of hydrogen-bond acceptors (Lipinski definition) is 4. The number of imidazole rings is 1. The standard InChI is InChI=1S/C24H23FN4O3/c25-18-6-2-1-5-17(18)21-15-26-22(32-21)9-10-23(30)28-13-11-16(12-14-28)29-20-8-4-3-7-19(20)27-24(29)31/h1-8,15-16H,9-14H2,(H,27,31). The molecule has 0 bridgehead atoms. The maximum atomic E-state index is 13.9. The molecule has 5 rings (SSSR count). The van der Waals surface area contributed by atoms with Gasteiger partial charge in [-0.2, -0.15) is 0 Å². The van der Waals surface area contributed by atoms with Gasteiger partial charge in [0.1, 0.15) is 5.82 Å². The molecule has 1 aliphatic heterocycles. The van der Waals surface area contributed by atoms with E-state index in [1.807, 2.05) is 33.7 Å². The molecule has 164 valence electrons. The number of fused-ring (bicyclic) bond motifs is 1. The van der Waals surface area contributed by atoms with Crippen molar-refractivity contribution in [1.29, 1.82) is 0 Å². The Morgan fingerprint density at radius 2 is 1.88 bits per heavy atom. The maximum Gasteiger partial charge on any atom is 0.326 e. The molecule has 3 heterocycles. The van der Waals surface area contributed by atoms with E-state index < -0.39 is 0 Å². The molecule has 1 fully saturated rings. The monoisotopic (exact) mass is 434 g/mol. The van der Waals surface area contributed by atoms with Crippen LogP contribution in [0.3, 0.4) is 0 Å². The van der Waals surface area contributed by atoms with E-state index in [9.17, 15) is 14.0 Å². The number of halogens is 1. The lowest BCUT2D eigenvalue weighted by Gasteiger charge is -2.32. The Labute approximate surface area is 183 Å². The summed E-state index contributed by atoms with van der Waals surface area (Å²) in [4.78, 5) is 34.0. The van der Waals surface area contributed by atoms with Gasteiger partial charge in [0.25, 0.3) is 0 Å². The fraction of sp³-hybridized carbons (Fsp3) is 0.292. The van der Waals surface area contributed by atoms with Gasteiger partial charge < -0.3 is 14.3 Å². The lowest BCUT2D eigenvalue weighted by atomic mass is 10.0. The molecule has 0 aliphatic carbocycles. The van der Waals surface area contributed by atoms with E-state index in [1.54, 1.807) is 18.2 Å². The normalized spacial score (nSPS) is 14.8. The molecule has 0 unspecified atom stereocenters. The minimum Gasteiger partial charge on any atom is -0.441 e. The third-order valence-electron chi connectivity index (χ3n) is 6.05. The number of hydrogen-bond donors (Lipinski definition) is 1. The second-order valence-electron chi connectivity index (χ2n) is 8.03. The zero-order chi connectivity index (χ0) is 22.1. The Morgan fingerprint density at radius 1 is 1.12 bits per heavy atom. The van der Waals surface area contributed by atoms with Crippen molar-refractivity contribution in [2.24, 2.45) is 0 Å². The summed E-state index contributed by atoms with van der Waals surface area (Å²) in [5, 5.41) is 0. The lowest BCUT2D eigenvalue weighted by Crippen LogP contribution is -2.40. The zero-order valence-electron chi connectivity index (χ0n) is 17.5. The van der Waals surface area contributed by atoms with Crippen LogP contribution in [0.5, 0.6) is 0 Å². The molecule has 0 saturated carbocycles. The van der Waals surface area contributed by atoms with Crippen LogP contribution in [0.2, 0.25) is 0 Å². The van der Waals surface area contributed by atoms with Crippen molar-refractivity contribution in [3.8, 4) is 11.3 Å². The van der Waals surface area contributed by atoms with Crippen molar-refractivity contribution < 1.29 is 13.6 Å². The first-order chi connectivity index (χ1) is 15.6. The molecule has 0 radical (unpaired) electrons. The van der Waals surface area contributed by atoms with Crippen LogP contribution >= 0.6 is 0 Å². The molecular weight excluding hydrogens is 411 g/mol. The predicted molar refractivity (Wildman–Crippen MR) is 118 cm³/mol. The number of nitrogens with one attached hydrogen (secondary N) is 1. The van der Waals surface area contributed by atoms with Crippen LogP contribution in [-0.2, 0) is 11.2 Å². The summed E-state index contributed by atoms with van der Waals surface area (Å²) in [6, 6.07) is 14.1. The summed E-state index contributed by atoms with van der Waals surface area (Å²) in [6.07, 6.45) is 3.57. The molecule has 4 aromatic rings. The van der Waals surface area contributed by atoms with Gasteiger partial charge in [-0.25, -0.2) is 14.2 Å². The predicted octanol–water partition coefficient (Wildman–Crippen LogP) is 3.92. The molecule has 0 atom stereocenters. The van der Waals surface area contributed by atoms with E-state index in [0.29, 0.717) is 36.7 Å². The fourth-order valence-electron chi connectivity index (χ4n) is 4.39. The molecule has 1 amide bonds.